The Morgan fingerprint density at radius 3 is 3.18 bits per heavy atom. The SMILES string of the molecule is Nc1cnc2c(Br)c[nH]c2c1. The summed E-state index contributed by atoms with van der Waals surface area (Å²) in [6, 6.07) is 1.85. The summed E-state index contributed by atoms with van der Waals surface area (Å²) in [5.74, 6) is 0. The number of fused-ring (bicyclic) bond motifs is 1. The van der Waals surface area contributed by atoms with E-state index < -0.39 is 0 Å². The third kappa shape index (κ3) is 0.991. The summed E-state index contributed by atoms with van der Waals surface area (Å²) in [5.41, 5.74) is 8.08. The van der Waals surface area contributed by atoms with E-state index in [1.54, 1.807) is 6.20 Å². The van der Waals surface area contributed by atoms with Crippen molar-refractivity contribution in [3.8, 4) is 0 Å². The van der Waals surface area contributed by atoms with E-state index in [-0.39, 0.29) is 0 Å². The summed E-state index contributed by atoms with van der Waals surface area (Å²) >= 11 is 3.36. The number of nitrogens with zero attached hydrogens (tertiary/aromatic N) is 1. The Balaban J connectivity index is 2.86. The van der Waals surface area contributed by atoms with Crippen LogP contribution in [0.5, 0.6) is 0 Å². The van der Waals surface area contributed by atoms with E-state index in [1.165, 1.54) is 0 Å². The molecule has 0 aliphatic heterocycles. The monoisotopic (exact) mass is 211 g/mol. The van der Waals surface area contributed by atoms with Crippen molar-refractivity contribution in [3.05, 3.63) is 22.9 Å². The van der Waals surface area contributed by atoms with E-state index in [0.717, 1.165) is 15.5 Å². The van der Waals surface area contributed by atoms with E-state index in [4.69, 9.17) is 5.73 Å². The number of hydrogen-bond acceptors (Lipinski definition) is 2. The number of hydrogen-bond donors (Lipinski definition) is 2. The molecule has 0 saturated heterocycles. The highest BCUT2D eigenvalue weighted by Gasteiger charge is 2.00. The molecule has 0 aliphatic carbocycles. The number of aromatic nitrogens is 2. The number of pyridine rings is 1. The second kappa shape index (κ2) is 2.23. The average molecular weight is 212 g/mol. The molecule has 0 saturated carbocycles. The number of nitrogens with two attached hydrogens (primary N) is 1. The molecule has 0 spiro atoms. The van der Waals surface area contributed by atoms with Crippen LogP contribution in [0.25, 0.3) is 11.0 Å². The smallest absolute Gasteiger partial charge is 0.102 e. The van der Waals surface area contributed by atoms with Gasteiger partial charge in [-0.2, -0.15) is 0 Å². The molecular formula is C7H6BrN3. The van der Waals surface area contributed by atoms with Crippen LogP contribution in [0.1, 0.15) is 0 Å². The van der Waals surface area contributed by atoms with Crippen molar-refractivity contribution in [2.24, 2.45) is 0 Å². The van der Waals surface area contributed by atoms with Crippen molar-refractivity contribution in [1.29, 1.82) is 0 Å². The molecule has 2 aromatic rings. The van der Waals surface area contributed by atoms with Crippen molar-refractivity contribution in [1.82, 2.24) is 9.97 Å². The molecule has 0 amide bonds. The van der Waals surface area contributed by atoms with Crippen molar-refractivity contribution in [2.45, 2.75) is 0 Å². The average Bonchev–Trinajstić information content (AvgIpc) is 2.32. The molecular weight excluding hydrogens is 206 g/mol. The summed E-state index contributed by atoms with van der Waals surface area (Å²) in [4.78, 5) is 7.18. The zero-order valence-corrected chi connectivity index (χ0v) is 7.22. The van der Waals surface area contributed by atoms with Gasteiger partial charge in [-0.05, 0) is 22.0 Å². The first-order valence-electron chi connectivity index (χ1n) is 3.15. The minimum absolute atomic E-state index is 0.673. The lowest BCUT2D eigenvalue weighted by Crippen LogP contribution is -1.85. The van der Waals surface area contributed by atoms with Crippen LogP contribution in [-0.2, 0) is 0 Å². The molecule has 0 bridgehead atoms. The van der Waals surface area contributed by atoms with Crippen molar-refractivity contribution in [2.75, 3.05) is 5.73 Å². The zero-order chi connectivity index (χ0) is 7.84. The van der Waals surface area contributed by atoms with E-state index in [2.05, 4.69) is 25.9 Å². The highest BCUT2D eigenvalue weighted by molar-refractivity contribution is 9.10. The zero-order valence-electron chi connectivity index (χ0n) is 5.63. The van der Waals surface area contributed by atoms with Crippen molar-refractivity contribution < 1.29 is 0 Å². The maximum Gasteiger partial charge on any atom is 0.102 e. The van der Waals surface area contributed by atoms with Crippen LogP contribution in [-0.4, -0.2) is 9.97 Å². The molecule has 3 N–H and O–H groups in total. The number of anilines is 1. The van der Waals surface area contributed by atoms with Crippen LogP contribution >= 0.6 is 15.9 Å². The normalized spacial score (nSPS) is 10.6. The quantitative estimate of drug-likeness (QED) is 0.700. The first-order valence-corrected chi connectivity index (χ1v) is 3.95. The molecule has 3 nitrogen and oxygen atoms in total. The second-order valence-electron chi connectivity index (χ2n) is 2.30. The lowest BCUT2D eigenvalue weighted by atomic mass is 10.3. The molecule has 0 atom stereocenters. The number of aromatic amines is 1. The van der Waals surface area contributed by atoms with Crippen molar-refractivity contribution >= 4 is 32.7 Å². The van der Waals surface area contributed by atoms with Gasteiger partial charge in [0.15, 0.2) is 0 Å². The van der Waals surface area contributed by atoms with Gasteiger partial charge in [0.1, 0.15) is 5.52 Å². The van der Waals surface area contributed by atoms with Crippen LogP contribution in [0.3, 0.4) is 0 Å². The molecule has 2 aromatic heterocycles. The third-order valence-electron chi connectivity index (χ3n) is 1.49. The van der Waals surface area contributed by atoms with Gasteiger partial charge in [0.25, 0.3) is 0 Å². The van der Waals surface area contributed by atoms with Gasteiger partial charge in [0, 0.05) is 6.20 Å². The predicted octanol–water partition coefficient (Wildman–Crippen LogP) is 1.91. The van der Waals surface area contributed by atoms with Crippen LogP contribution < -0.4 is 5.73 Å². The molecule has 0 radical (unpaired) electrons. The van der Waals surface area contributed by atoms with E-state index in [0.29, 0.717) is 5.69 Å². The number of rotatable bonds is 0. The molecule has 56 valence electrons. The predicted molar refractivity (Wildman–Crippen MR) is 48.2 cm³/mol. The van der Waals surface area contributed by atoms with Crippen LogP contribution in [0.15, 0.2) is 22.9 Å². The van der Waals surface area contributed by atoms with Gasteiger partial charge in [-0.25, -0.2) is 0 Å². The van der Waals surface area contributed by atoms with Crippen LogP contribution in [0.2, 0.25) is 0 Å². The topological polar surface area (TPSA) is 54.7 Å². The maximum atomic E-state index is 5.54. The molecule has 2 heterocycles. The van der Waals surface area contributed by atoms with E-state index >= 15 is 0 Å². The van der Waals surface area contributed by atoms with Crippen LogP contribution in [0, 0.1) is 0 Å². The fourth-order valence-electron chi connectivity index (χ4n) is 0.991. The van der Waals surface area contributed by atoms with Gasteiger partial charge in [-0.15, -0.1) is 0 Å². The first kappa shape index (κ1) is 6.67. The lowest BCUT2D eigenvalue weighted by Gasteiger charge is -1.91. The summed E-state index contributed by atoms with van der Waals surface area (Å²) in [6.07, 6.45) is 3.48. The van der Waals surface area contributed by atoms with Gasteiger partial charge < -0.3 is 10.7 Å². The van der Waals surface area contributed by atoms with Gasteiger partial charge in [0.05, 0.1) is 21.9 Å². The fourth-order valence-corrected chi connectivity index (χ4v) is 1.42. The van der Waals surface area contributed by atoms with Crippen LogP contribution in [0.4, 0.5) is 5.69 Å². The Labute approximate surface area is 71.7 Å². The Bertz CT molecular complexity index is 393. The van der Waals surface area contributed by atoms with Gasteiger partial charge in [0.2, 0.25) is 0 Å². The van der Waals surface area contributed by atoms with Gasteiger partial charge >= 0.3 is 0 Å². The summed E-state index contributed by atoms with van der Waals surface area (Å²) in [5, 5.41) is 0. The summed E-state index contributed by atoms with van der Waals surface area (Å²) in [7, 11) is 0. The standard InChI is InChI=1S/C7H6BrN3/c8-5-3-10-6-1-4(9)2-11-7(5)6/h1-3,10H,9H2. The molecule has 0 aromatic carbocycles. The van der Waals surface area contributed by atoms with E-state index in [1.807, 2.05) is 12.3 Å². The van der Waals surface area contributed by atoms with Gasteiger partial charge in [-0.1, -0.05) is 0 Å². The molecule has 4 heteroatoms. The molecule has 0 fully saturated rings. The Morgan fingerprint density at radius 1 is 1.55 bits per heavy atom. The largest absolute Gasteiger partial charge is 0.397 e. The number of H-pyrrole nitrogens is 1. The highest BCUT2D eigenvalue weighted by Crippen LogP contribution is 2.21. The Kier molecular flexibility index (Phi) is 1.35. The molecule has 2 rings (SSSR count). The first-order chi connectivity index (χ1) is 5.27. The minimum atomic E-state index is 0.673. The van der Waals surface area contributed by atoms with E-state index in [9.17, 15) is 0 Å². The van der Waals surface area contributed by atoms with Gasteiger partial charge in [-0.3, -0.25) is 4.98 Å². The second-order valence-corrected chi connectivity index (χ2v) is 3.16. The third-order valence-corrected chi connectivity index (χ3v) is 2.09. The highest BCUT2D eigenvalue weighted by atomic mass is 79.9. The molecule has 11 heavy (non-hydrogen) atoms. The summed E-state index contributed by atoms with van der Waals surface area (Å²) < 4.78 is 0.965. The number of halogens is 1. The Morgan fingerprint density at radius 2 is 2.36 bits per heavy atom. The summed E-state index contributed by atoms with van der Waals surface area (Å²) in [6.45, 7) is 0. The fraction of sp³-hybridized carbons (Fsp3) is 0. The number of nitrogens with one attached hydrogen (secondary N) is 1. The maximum absolute atomic E-state index is 5.54. The van der Waals surface area contributed by atoms with Crippen molar-refractivity contribution in [3.63, 3.8) is 0 Å². The Hall–Kier alpha value is -1.03. The molecule has 0 unspecified atom stereocenters. The number of nitrogen functional groups attached to an aromatic ring is 1. The lowest BCUT2D eigenvalue weighted by molar-refractivity contribution is 1.41. The molecule has 0 aliphatic rings. The minimum Gasteiger partial charge on any atom is -0.397 e.